The van der Waals surface area contributed by atoms with Crippen molar-refractivity contribution in [2.24, 2.45) is 0 Å². The Morgan fingerprint density at radius 2 is 2.07 bits per heavy atom. The van der Waals surface area contributed by atoms with Crippen molar-refractivity contribution in [2.45, 2.75) is 26.2 Å². The monoisotopic (exact) mass is 203 g/mol. The first-order valence-electron chi connectivity index (χ1n) is 5.14. The fourth-order valence-electron chi connectivity index (χ4n) is 0.962. The second kappa shape index (κ2) is 10.5. The first-order valence-corrected chi connectivity index (χ1v) is 5.14. The Morgan fingerprint density at radius 1 is 1.29 bits per heavy atom. The van der Waals surface area contributed by atoms with Crippen LogP contribution in [0.15, 0.2) is 0 Å². The average Bonchev–Trinajstić information content (AvgIpc) is 2.17. The summed E-state index contributed by atoms with van der Waals surface area (Å²) in [6, 6.07) is 0. The highest BCUT2D eigenvalue weighted by Gasteiger charge is 1.96. The predicted octanol–water partition coefficient (Wildman–Crippen LogP) is 0.956. The SMILES string of the molecule is CCCC(=O)NCCCOCCOC. The smallest absolute Gasteiger partial charge is 0.219 e. The third-order valence-corrected chi connectivity index (χ3v) is 1.70. The van der Waals surface area contributed by atoms with E-state index in [1.807, 2.05) is 6.92 Å². The van der Waals surface area contributed by atoms with Gasteiger partial charge in [-0.2, -0.15) is 0 Å². The fourth-order valence-corrected chi connectivity index (χ4v) is 0.962. The predicted molar refractivity (Wildman–Crippen MR) is 55.2 cm³/mol. The highest BCUT2D eigenvalue weighted by molar-refractivity contribution is 5.75. The summed E-state index contributed by atoms with van der Waals surface area (Å²) >= 11 is 0. The van der Waals surface area contributed by atoms with Gasteiger partial charge in [0.1, 0.15) is 0 Å². The molecule has 1 N–H and O–H groups in total. The van der Waals surface area contributed by atoms with E-state index in [-0.39, 0.29) is 5.91 Å². The maximum atomic E-state index is 11.0. The lowest BCUT2D eigenvalue weighted by atomic mass is 10.3. The molecule has 0 spiro atoms. The van der Waals surface area contributed by atoms with Gasteiger partial charge in [0, 0.05) is 26.7 Å². The third kappa shape index (κ3) is 9.48. The molecule has 4 nitrogen and oxygen atoms in total. The maximum Gasteiger partial charge on any atom is 0.219 e. The van der Waals surface area contributed by atoms with Gasteiger partial charge in [-0.3, -0.25) is 4.79 Å². The Balaban J connectivity index is 3.01. The highest BCUT2D eigenvalue weighted by atomic mass is 16.5. The molecule has 0 radical (unpaired) electrons. The molecule has 0 fully saturated rings. The van der Waals surface area contributed by atoms with Crippen LogP contribution in [0.4, 0.5) is 0 Å². The van der Waals surface area contributed by atoms with Gasteiger partial charge in [-0.05, 0) is 12.8 Å². The average molecular weight is 203 g/mol. The van der Waals surface area contributed by atoms with Gasteiger partial charge in [-0.1, -0.05) is 6.92 Å². The van der Waals surface area contributed by atoms with E-state index in [2.05, 4.69) is 5.32 Å². The van der Waals surface area contributed by atoms with Gasteiger partial charge in [0.25, 0.3) is 0 Å². The third-order valence-electron chi connectivity index (χ3n) is 1.70. The van der Waals surface area contributed by atoms with E-state index < -0.39 is 0 Å². The second-order valence-electron chi connectivity index (χ2n) is 3.06. The van der Waals surface area contributed by atoms with Crippen LogP contribution in [-0.4, -0.2) is 39.4 Å². The van der Waals surface area contributed by atoms with Crippen LogP contribution >= 0.6 is 0 Å². The number of nitrogens with one attached hydrogen (secondary N) is 1. The quantitative estimate of drug-likeness (QED) is 0.568. The van der Waals surface area contributed by atoms with Gasteiger partial charge in [0.05, 0.1) is 13.2 Å². The zero-order valence-electron chi connectivity index (χ0n) is 9.17. The highest BCUT2D eigenvalue weighted by Crippen LogP contribution is 1.86. The molecule has 0 aromatic carbocycles. The minimum atomic E-state index is 0.129. The molecule has 0 saturated heterocycles. The van der Waals surface area contributed by atoms with Crippen LogP contribution in [0.2, 0.25) is 0 Å². The largest absolute Gasteiger partial charge is 0.382 e. The van der Waals surface area contributed by atoms with E-state index in [1.165, 1.54) is 0 Å². The van der Waals surface area contributed by atoms with Crippen molar-refractivity contribution in [3.63, 3.8) is 0 Å². The van der Waals surface area contributed by atoms with Crippen molar-refractivity contribution in [3.05, 3.63) is 0 Å². The lowest BCUT2D eigenvalue weighted by molar-refractivity contribution is -0.121. The van der Waals surface area contributed by atoms with Crippen molar-refractivity contribution in [2.75, 3.05) is 33.5 Å². The fraction of sp³-hybridized carbons (Fsp3) is 0.900. The zero-order valence-corrected chi connectivity index (χ0v) is 9.17. The Labute approximate surface area is 86.0 Å². The molecule has 0 heterocycles. The maximum absolute atomic E-state index is 11.0. The van der Waals surface area contributed by atoms with Crippen molar-refractivity contribution in [3.8, 4) is 0 Å². The van der Waals surface area contributed by atoms with Gasteiger partial charge in [0.2, 0.25) is 5.91 Å². The summed E-state index contributed by atoms with van der Waals surface area (Å²) in [6.07, 6.45) is 2.37. The standard InChI is InChI=1S/C10H21NO3/c1-3-5-10(12)11-6-4-7-14-9-8-13-2/h3-9H2,1-2H3,(H,11,12). The number of methoxy groups -OCH3 is 1. The topological polar surface area (TPSA) is 47.6 Å². The lowest BCUT2D eigenvalue weighted by Crippen LogP contribution is -2.24. The summed E-state index contributed by atoms with van der Waals surface area (Å²) in [4.78, 5) is 11.0. The molecular weight excluding hydrogens is 182 g/mol. The van der Waals surface area contributed by atoms with Crippen LogP contribution in [0.3, 0.4) is 0 Å². The molecule has 0 aromatic rings. The first-order chi connectivity index (χ1) is 6.81. The lowest BCUT2D eigenvalue weighted by Gasteiger charge is -2.05. The van der Waals surface area contributed by atoms with Crippen molar-refractivity contribution in [1.82, 2.24) is 5.32 Å². The number of ether oxygens (including phenoxy) is 2. The number of carbonyl (C=O) groups excluding carboxylic acids is 1. The Bertz CT molecular complexity index is 139. The first kappa shape index (κ1) is 13.4. The molecule has 1 amide bonds. The van der Waals surface area contributed by atoms with Crippen LogP contribution < -0.4 is 5.32 Å². The van der Waals surface area contributed by atoms with E-state index in [9.17, 15) is 4.79 Å². The van der Waals surface area contributed by atoms with Gasteiger partial charge in [-0.15, -0.1) is 0 Å². The summed E-state index contributed by atoms with van der Waals surface area (Å²) in [6.45, 7) is 4.62. The van der Waals surface area contributed by atoms with Gasteiger partial charge < -0.3 is 14.8 Å². The number of rotatable bonds is 9. The Morgan fingerprint density at radius 3 is 2.71 bits per heavy atom. The number of amides is 1. The number of hydrogen-bond acceptors (Lipinski definition) is 3. The van der Waals surface area contributed by atoms with Crippen LogP contribution in [0.1, 0.15) is 26.2 Å². The molecule has 84 valence electrons. The van der Waals surface area contributed by atoms with E-state index in [4.69, 9.17) is 9.47 Å². The van der Waals surface area contributed by atoms with Crippen molar-refractivity contribution < 1.29 is 14.3 Å². The molecule has 0 atom stereocenters. The van der Waals surface area contributed by atoms with E-state index >= 15 is 0 Å². The normalized spacial score (nSPS) is 10.1. The second-order valence-corrected chi connectivity index (χ2v) is 3.06. The van der Waals surface area contributed by atoms with Crippen LogP contribution in [0, 0.1) is 0 Å². The van der Waals surface area contributed by atoms with Crippen LogP contribution in [0.25, 0.3) is 0 Å². The minimum absolute atomic E-state index is 0.129. The van der Waals surface area contributed by atoms with Crippen molar-refractivity contribution in [1.29, 1.82) is 0 Å². The molecular formula is C10H21NO3. The molecule has 0 aliphatic rings. The molecule has 0 bridgehead atoms. The van der Waals surface area contributed by atoms with E-state index in [0.717, 1.165) is 12.8 Å². The number of carbonyl (C=O) groups is 1. The molecule has 0 aromatic heterocycles. The summed E-state index contributed by atoms with van der Waals surface area (Å²) in [5, 5.41) is 2.82. The molecule has 4 heteroatoms. The minimum Gasteiger partial charge on any atom is -0.382 e. The van der Waals surface area contributed by atoms with Gasteiger partial charge in [0.15, 0.2) is 0 Å². The zero-order chi connectivity index (χ0) is 10.6. The summed E-state index contributed by atoms with van der Waals surface area (Å²) in [5.41, 5.74) is 0. The Kier molecular flexibility index (Phi) is 10.0. The van der Waals surface area contributed by atoms with Crippen molar-refractivity contribution >= 4 is 5.91 Å². The van der Waals surface area contributed by atoms with E-state index in [0.29, 0.717) is 32.8 Å². The molecule has 0 rings (SSSR count). The molecule has 0 aliphatic carbocycles. The summed E-state index contributed by atoms with van der Waals surface area (Å²) in [5.74, 6) is 0.129. The molecule has 0 aliphatic heterocycles. The summed E-state index contributed by atoms with van der Waals surface area (Å²) < 4.78 is 10.1. The number of hydrogen-bond donors (Lipinski definition) is 1. The summed E-state index contributed by atoms with van der Waals surface area (Å²) in [7, 11) is 1.65. The Hall–Kier alpha value is -0.610. The van der Waals surface area contributed by atoms with Crippen LogP contribution in [-0.2, 0) is 14.3 Å². The van der Waals surface area contributed by atoms with Gasteiger partial charge >= 0.3 is 0 Å². The van der Waals surface area contributed by atoms with Gasteiger partial charge in [-0.25, -0.2) is 0 Å². The molecule has 0 saturated carbocycles. The molecule has 0 unspecified atom stereocenters. The molecule has 14 heavy (non-hydrogen) atoms. The van der Waals surface area contributed by atoms with E-state index in [1.54, 1.807) is 7.11 Å². The van der Waals surface area contributed by atoms with Crippen LogP contribution in [0.5, 0.6) is 0 Å².